The van der Waals surface area contributed by atoms with Crippen molar-refractivity contribution in [2.24, 2.45) is 5.92 Å². The van der Waals surface area contributed by atoms with Gasteiger partial charge in [-0.05, 0) is 30.5 Å². The zero-order valence-corrected chi connectivity index (χ0v) is 17.5. The van der Waals surface area contributed by atoms with Crippen LogP contribution in [0.3, 0.4) is 0 Å². The van der Waals surface area contributed by atoms with Crippen LogP contribution in [0.4, 0.5) is 0 Å². The summed E-state index contributed by atoms with van der Waals surface area (Å²) in [5.74, 6) is 2.08. The second-order valence-electron chi connectivity index (χ2n) is 8.18. The number of nitrogens with one attached hydrogen (secondary N) is 1. The summed E-state index contributed by atoms with van der Waals surface area (Å²) >= 11 is 0. The van der Waals surface area contributed by atoms with Gasteiger partial charge in [0.05, 0.1) is 24.1 Å². The normalized spacial score (nSPS) is 15.6. The molecule has 4 heterocycles. The van der Waals surface area contributed by atoms with Crippen molar-refractivity contribution in [1.29, 1.82) is 0 Å². The van der Waals surface area contributed by atoms with Crippen LogP contribution >= 0.6 is 0 Å². The van der Waals surface area contributed by atoms with Crippen LogP contribution in [0.25, 0.3) is 0 Å². The molecule has 0 saturated heterocycles. The minimum absolute atomic E-state index is 0.138. The molecule has 0 spiro atoms. The maximum absolute atomic E-state index is 12.8. The van der Waals surface area contributed by atoms with E-state index in [2.05, 4.69) is 43.8 Å². The minimum Gasteiger partial charge on any atom is -0.472 e. The van der Waals surface area contributed by atoms with Gasteiger partial charge in [0.2, 0.25) is 0 Å². The maximum atomic E-state index is 12.8. The van der Waals surface area contributed by atoms with Gasteiger partial charge in [-0.15, -0.1) is 10.2 Å². The second-order valence-corrected chi connectivity index (χ2v) is 8.18. The standard InChI is InChI=1S/C22H28N6O2/c1-16(2)12-19(24-22(29)18-4-3-7-23-13-18)21-26-25-20-5-8-27(9-10-28(20)21)14-17-6-11-30-15-17/h3-4,6-7,11,13,15-16,19H,5,8-10,12,14H2,1-2H3,(H,24,29)/t19-/m0/s1. The van der Waals surface area contributed by atoms with Crippen LogP contribution in [0.1, 0.15) is 53.9 Å². The molecule has 8 nitrogen and oxygen atoms in total. The van der Waals surface area contributed by atoms with Gasteiger partial charge < -0.3 is 14.3 Å². The van der Waals surface area contributed by atoms with Gasteiger partial charge >= 0.3 is 0 Å². The third-order valence-electron chi connectivity index (χ3n) is 5.38. The van der Waals surface area contributed by atoms with Crippen LogP contribution in [-0.4, -0.2) is 43.6 Å². The lowest BCUT2D eigenvalue weighted by atomic mass is 10.0. The fourth-order valence-corrected chi connectivity index (χ4v) is 3.88. The van der Waals surface area contributed by atoms with E-state index >= 15 is 0 Å². The monoisotopic (exact) mass is 408 g/mol. The Hall–Kier alpha value is -3.00. The first kappa shape index (κ1) is 20.3. The molecule has 158 valence electrons. The van der Waals surface area contributed by atoms with Crippen LogP contribution < -0.4 is 5.32 Å². The van der Waals surface area contributed by atoms with Gasteiger partial charge in [0.15, 0.2) is 5.82 Å². The second kappa shape index (κ2) is 9.21. The molecule has 0 aromatic carbocycles. The largest absolute Gasteiger partial charge is 0.472 e. The van der Waals surface area contributed by atoms with E-state index < -0.39 is 0 Å². The number of hydrogen-bond donors (Lipinski definition) is 1. The first-order valence-electron chi connectivity index (χ1n) is 10.5. The average molecular weight is 409 g/mol. The van der Waals surface area contributed by atoms with Crippen molar-refractivity contribution < 1.29 is 9.21 Å². The summed E-state index contributed by atoms with van der Waals surface area (Å²) in [6.07, 6.45) is 8.37. The predicted octanol–water partition coefficient (Wildman–Crippen LogP) is 2.84. The van der Waals surface area contributed by atoms with Crippen molar-refractivity contribution >= 4 is 5.91 Å². The first-order chi connectivity index (χ1) is 14.6. The topological polar surface area (TPSA) is 89.1 Å². The third-order valence-corrected chi connectivity index (χ3v) is 5.38. The molecule has 0 saturated carbocycles. The fraction of sp³-hybridized carbons (Fsp3) is 0.455. The molecular weight excluding hydrogens is 380 g/mol. The Morgan fingerprint density at radius 1 is 1.23 bits per heavy atom. The average Bonchev–Trinajstić information content (AvgIpc) is 3.35. The molecule has 8 heteroatoms. The minimum atomic E-state index is -0.195. The molecule has 0 bridgehead atoms. The van der Waals surface area contributed by atoms with Crippen molar-refractivity contribution in [2.75, 3.05) is 13.1 Å². The number of furan rings is 1. The van der Waals surface area contributed by atoms with Crippen molar-refractivity contribution in [3.8, 4) is 0 Å². The summed E-state index contributed by atoms with van der Waals surface area (Å²) in [4.78, 5) is 19.2. The Labute approximate surface area is 176 Å². The summed E-state index contributed by atoms with van der Waals surface area (Å²) in [5.41, 5.74) is 1.72. The van der Waals surface area contributed by atoms with Gasteiger partial charge in [0, 0.05) is 50.6 Å². The van der Waals surface area contributed by atoms with Gasteiger partial charge in [0.25, 0.3) is 5.91 Å². The van der Waals surface area contributed by atoms with Gasteiger partial charge in [-0.3, -0.25) is 14.7 Å². The highest BCUT2D eigenvalue weighted by molar-refractivity contribution is 5.94. The highest BCUT2D eigenvalue weighted by atomic mass is 16.3. The molecule has 1 aliphatic rings. The fourth-order valence-electron chi connectivity index (χ4n) is 3.88. The van der Waals surface area contributed by atoms with E-state index in [-0.39, 0.29) is 11.9 Å². The van der Waals surface area contributed by atoms with Crippen molar-refractivity contribution in [2.45, 2.75) is 45.8 Å². The number of carbonyl (C=O) groups excluding carboxylic acids is 1. The van der Waals surface area contributed by atoms with E-state index in [4.69, 9.17) is 4.42 Å². The van der Waals surface area contributed by atoms with Crippen molar-refractivity contribution in [3.05, 3.63) is 65.9 Å². The number of carbonyl (C=O) groups is 1. The van der Waals surface area contributed by atoms with E-state index in [0.29, 0.717) is 11.5 Å². The molecule has 30 heavy (non-hydrogen) atoms. The van der Waals surface area contributed by atoms with Crippen LogP contribution in [0.5, 0.6) is 0 Å². The van der Waals surface area contributed by atoms with Gasteiger partial charge in [-0.25, -0.2) is 0 Å². The molecule has 3 aromatic heterocycles. The first-order valence-corrected chi connectivity index (χ1v) is 10.5. The lowest BCUT2D eigenvalue weighted by molar-refractivity contribution is 0.0928. The summed E-state index contributed by atoms with van der Waals surface area (Å²) in [7, 11) is 0. The van der Waals surface area contributed by atoms with Crippen LogP contribution in [0.2, 0.25) is 0 Å². The molecular formula is C22H28N6O2. The molecule has 1 amide bonds. The van der Waals surface area contributed by atoms with Crippen LogP contribution in [-0.2, 0) is 19.5 Å². The summed E-state index contributed by atoms with van der Waals surface area (Å²) in [6.45, 7) is 7.77. The number of amides is 1. The Bertz CT molecular complexity index is 951. The quantitative estimate of drug-likeness (QED) is 0.647. The van der Waals surface area contributed by atoms with Gasteiger partial charge in [-0.1, -0.05) is 13.8 Å². The molecule has 1 atom stereocenters. The lowest BCUT2D eigenvalue weighted by Gasteiger charge is -2.22. The van der Waals surface area contributed by atoms with E-state index in [0.717, 1.165) is 50.7 Å². The van der Waals surface area contributed by atoms with E-state index in [1.54, 1.807) is 37.1 Å². The summed E-state index contributed by atoms with van der Waals surface area (Å²) in [6, 6.07) is 5.35. The van der Waals surface area contributed by atoms with Crippen molar-refractivity contribution in [1.82, 2.24) is 30.0 Å². The number of aromatic nitrogens is 4. The van der Waals surface area contributed by atoms with Gasteiger partial charge in [-0.2, -0.15) is 0 Å². The lowest BCUT2D eigenvalue weighted by Crippen LogP contribution is -2.32. The van der Waals surface area contributed by atoms with E-state index in [9.17, 15) is 4.79 Å². The summed E-state index contributed by atoms with van der Waals surface area (Å²) < 4.78 is 7.38. The SMILES string of the molecule is CC(C)C[C@H](NC(=O)c1cccnc1)c1nnc2n1CCN(Cc1ccoc1)CC2. The van der Waals surface area contributed by atoms with Crippen LogP contribution in [0.15, 0.2) is 47.5 Å². The number of pyridine rings is 1. The zero-order valence-electron chi connectivity index (χ0n) is 17.5. The Morgan fingerprint density at radius 3 is 2.87 bits per heavy atom. The maximum Gasteiger partial charge on any atom is 0.253 e. The van der Waals surface area contributed by atoms with E-state index in [1.165, 1.54) is 5.56 Å². The number of nitrogens with zero attached hydrogens (tertiary/aromatic N) is 5. The van der Waals surface area contributed by atoms with E-state index in [1.807, 2.05) is 6.07 Å². The molecule has 1 aliphatic heterocycles. The molecule has 1 N–H and O–H groups in total. The molecule has 0 fully saturated rings. The Kier molecular flexibility index (Phi) is 6.23. The molecule has 4 rings (SSSR count). The Balaban J connectivity index is 1.50. The smallest absolute Gasteiger partial charge is 0.253 e. The third kappa shape index (κ3) is 4.76. The molecule has 0 radical (unpaired) electrons. The van der Waals surface area contributed by atoms with Gasteiger partial charge in [0.1, 0.15) is 5.82 Å². The number of fused-ring (bicyclic) bond motifs is 1. The molecule has 3 aromatic rings. The zero-order chi connectivity index (χ0) is 20.9. The predicted molar refractivity (Wildman–Crippen MR) is 112 cm³/mol. The van der Waals surface area contributed by atoms with Crippen molar-refractivity contribution in [3.63, 3.8) is 0 Å². The number of rotatable bonds is 7. The number of hydrogen-bond acceptors (Lipinski definition) is 6. The highest BCUT2D eigenvalue weighted by Crippen LogP contribution is 2.23. The molecule has 0 unspecified atom stereocenters. The highest BCUT2D eigenvalue weighted by Gasteiger charge is 2.26. The summed E-state index contributed by atoms with van der Waals surface area (Å²) in [5, 5.41) is 12.1. The molecule has 0 aliphatic carbocycles. The Morgan fingerprint density at radius 2 is 2.13 bits per heavy atom. The van der Waals surface area contributed by atoms with Crippen LogP contribution in [0, 0.1) is 5.92 Å².